The summed E-state index contributed by atoms with van der Waals surface area (Å²) in [4.78, 5) is 260. The Morgan fingerprint density at radius 1 is 0.547 bits per heavy atom. The number of hydrogen-bond acceptors (Lipinski definition) is 28. The Bertz CT molecular complexity index is 5090. The maximum Gasteiger partial charge on any atom is 0.326 e. The van der Waals surface area contributed by atoms with Crippen LogP contribution >= 0.6 is 21.6 Å². The van der Waals surface area contributed by atoms with Gasteiger partial charge in [0.05, 0.1) is 24.5 Å². The maximum absolute atomic E-state index is 15.9. The SMILES string of the molecule is CCCCCCCCCCCC(=O)N[C@H](CNC(=O)[C@H](Cc1ccc(O)cc1)NC(=O)[C@@H]1CSSC[C@H](NC(=O)[C@H](C)NC(=O)[C@H](Cc2cnc[nH]2)NC(=O)[C@@H](N)Cc2ccc(O)cc2)C(=O)N[C@@H](CCCNC(=N)N)C(=O)N[C@@H](C)C(=O)N2CCC[C@@H]2C(=O)NCC[C@H](N)C(=O)N[C@@H](CCCNC(=N)N)C(=O)N[C@@H](Cc2ccc(O)cc2)C(=O)N1)CC(=O)N[C@@H](CCCCN)C(=O)N1CCC[C@@H]1C(=O)N1CCC[C@H]1C(=O)O. The Kier molecular flexibility index (Phi) is 50.5. The highest BCUT2D eigenvalue weighted by Gasteiger charge is 2.46. The molecule has 16 amide bonds. The smallest absolute Gasteiger partial charge is 0.326 e. The molecule has 814 valence electrons. The van der Waals surface area contributed by atoms with Gasteiger partial charge in [0, 0.05) is 101 Å². The number of carbonyl (C=O) groups excluding carboxylic acids is 16. The number of likely N-dealkylation sites (tertiary alicyclic amines) is 2. The highest BCUT2D eigenvalue weighted by atomic mass is 33.1. The zero-order chi connectivity index (χ0) is 108. The van der Waals surface area contributed by atoms with E-state index in [0.29, 0.717) is 67.3 Å². The molecule has 4 aromatic rings. The molecule has 0 unspecified atom stereocenters. The van der Waals surface area contributed by atoms with Gasteiger partial charge < -0.3 is 149 Å². The van der Waals surface area contributed by atoms with Gasteiger partial charge in [-0.15, -0.1) is 0 Å². The number of imidazole rings is 1. The minimum Gasteiger partial charge on any atom is -0.508 e. The third-order valence-electron chi connectivity index (χ3n) is 25.9. The summed E-state index contributed by atoms with van der Waals surface area (Å²) in [7, 11) is 1.57. The van der Waals surface area contributed by atoms with E-state index in [9.17, 15) is 78.0 Å². The van der Waals surface area contributed by atoms with Gasteiger partial charge >= 0.3 is 5.97 Å². The van der Waals surface area contributed by atoms with Crippen LogP contribution in [-0.2, 0) is 107 Å². The number of aromatic hydroxyl groups is 3. The molecule has 0 radical (unpaired) electrons. The van der Waals surface area contributed by atoms with E-state index in [1.54, 1.807) is 12.1 Å². The van der Waals surface area contributed by atoms with Crippen molar-refractivity contribution in [2.75, 3.05) is 63.9 Å². The molecule has 4 aliphatic heterocycles. The lowest BCUT2D eigenvalue weighted by molar-refractivity contribution is -0.152. The number of phenolic OH excluding ortho intramolecular Hbond substituents is 3. The average Bonchev–Trinajstić information content (AvgIpc) is 1.65. The number of benzene rings is 3. The number of carbonyl (C=O) groups is 17. The van der Waals surface area contributed by atoms with Gasteiger partial charge in [-0.05, 0) is 176 Å². The number of carboxylic acids is 1. The first-order chi connectivity index (χ1) is 70.8. The van der Waals surface area contributed by atoms with E-state index >= 15 is 24.0 Å². The first-order valence-corrected chi connectivity index (χ1v) is 53.2. The van der Waals surface area contributed by atoms with Crippen molar-refractivity contribution in [2.45, 2.75) is 304 Å². The van der Waals surface area contributed by atoms with Crippen molar-refractivity contribution >= 4 is 134 Å². The lowest BCUT2D eigenvalue weighted by Crippen LogP contribution is -2.60. The quantitative estimate of drug-likeness (QED) is 0.00972. The number of fused-ring (bicyclic) bond motifs is 1. The normalized spacial score (nSPS) is 21.2. The van der Waals surface area contributed by atoms with Crippen LogP contribution in [0.25, 0.3) is 0 Å². The van der Waals surface area contributed by atoms with Crippen molar-refractivity contribution in [1.82, 2.24) is 104 Å². The Morgan fingerprint density at radius 3 is 1.72 bits per heavy atom. The van der Waals surface area contributed by atoms with Gasteiger partial charge in [0.2, 0.25) is 94.5 Å². The summed E-state index contributed by atoms with van der Waals surface area (Å²) in [5.74, 6) is -17.3. The number of carboxylic acid groups (broad SMARTS) is 1. The fourth-order valence-corrected chi connectivity index (χ4v) is 19.9. The third-order valence-corrected chi connectivity index (χ3v) is 28.3. The monoisotopic (exact) mass is 2100 g/mol. The number of hydrogen-bond donors (Lipinski definition) is 27. The maximum atomic E-state index is 15.9. The van der Waals surface area contributed by atoms with Crippen LogP contribution in [0.4, 0.5) is 0 Å². The Morgan fingerprint density at radius 2 is 1.11 bits per heavy atom. The first-order valence-electron chi connectivity index (χ1n) is 50.7. The number of guanidine groups is 2. The molecule has 0 bridgehead atoms. The molecular formula is C98H149N27O21S2. The number of aromatic amines is 1. The third kappa shape index (κ3) is 40.6. The van der Waals surface area contributed by atoms with Gasteiger partial charge in [0.15, 0.2) is 11.9 Å². The van der Waals surface area contributed by atoms with Gasteiger partial charge in [-0.2, -0.15) is 0 Å². The molecule has 0 aliphatic carbocycles. The van der Waals surface area contributed by atoms with Crippen LogP contribution in [0.2, 0.25) is 0 Å². The molecular weight excluding hydrogens is 1960 g/mol. The standard InChI is InChI=1S/C98H149N27O21S2/c1-4-5-6-7-8-9-10-11-12-26-80(129)114-63(51-81(130)115-71(20-13-14-40-99)94(143)124-45-18-24-78(124)95(144)125-46-19-25-79(125)96(145)146)53-110-85(134)72(48-60-29-35-65(127)36-30-60)119-91(140)76-55-148-147-54-75(121-82(131)57(2)112-88(137)74(50-62-52-106-56-111-62)118-84(133)68(101)47-59-27-33-64(126)34-28-59)90(139)117-69(21-15-41-108-97(102)103)86(135)113-58(3)93(142)123-44-17-23-77(123)92(141)107-43-39-67(100)83(132)116-70(22-16-42-109-98(104)105)87(136)120-73(89(138)122-76)49-61-31-37-66(128)38-32-61/h27-38,52,56-58,63,67-79,126-128H,4-26,39-51,53-55,99-101H2,1-3H3,(H,106,111)(H,107,141)(H,110,134)(H,112,137)(H,113,135)(H,114,129)(H,115,130)(H,116,132)(H,117,139)(H,118,133)(H,119,140)(H,120,136)(H,121,131)(H,122,138)(H,145,146)(H4,102,103,108)(H4,104,105,109)/t57-,58-,63-,67-,68-,69-,70-,71-,72-,73-,74-,75-,76-,77+,78+,79-/m0/s1. The Hall–Kier alpha value is -13.6. The number of nitrogens with two attached hydrogens (primary N) is 5. The van der Waals surface area contributed by atoms with E-state index in [0.717, 1.165) is 66.5 Å². The van der Waals surface area contributed by atoms with Crippen LogP contribution in [0.15, 0.2) is 85.3 Å². The first kappa shape index (κ1) is 120. The minimum absolute atomic E-state index is 0.00459. The summed E-state index contributed by atoms with van der Waals surface area (Å²) in [6.45, 7) is 4.48. The summed E-state index contributed by atoms with van der Waals surface area (Å²) >= 11 is 0. The second kappa shape index (κ2) is 62.5. The number of rotatable bonds is 48. The summed E-state index contributed by atoms with van der Waals surface area (Å²) in [5.41, 5.74) is 31.6. The van der Waals surface area contributed by atoms with Gasteiger partial charge in [0.1, 0.15) is 95.8 Å². The van der Waals surface area contributed by atoms with Crippen molar-refractivity contribution in [2.24, 2.45) is 28.7 Å². The lowest BCUT2D eigenvalue weighted by Gasteiger charge is -2.32. The molecule has 4 saturated heterocycles. The van der Waals surface area contributed by atoms with Gasteiger partial charge in [-0.25, -0.2) is 9.78 Å². The Balaban J connectivity index is 1.18. The summed E-state index contributed by atoms with van der Waals surface area (Å²) < 4.78 is 0. The van der Waals surface area contributed by atoms with Crippen LogP contribution in [0.3, 0.4) is 0 Å². The predicted molar refractivity (Wildman–Crippen MR) is 551 cm³/mol. The zero-order valence-corrected chi connectivity index (χ0v) is 85.8. The number of aliphatic carboxylic acids is 1. The van der Waals surface area contributed by atoms with E-state index in [1.165, 1.54) is 102 Å². The molecule has 0 spiro atoms. The largest absolute Gasteiger partial charge is 0.508 e. The van der Waals surface area contributed by atoms with Crippen LogP contribution in [0.1, 0.15) is 204 Å². The number of nitrogens with one attached hydrogen (secondary N) is 18. The molecule has 3 aromatic carbocycles. The summed E-state index contributed by atoms with van der Waals surface area (Å²) in [6, 6.07) is -6.14. The number of H-pyrrole nitrogens is 1. The number of aromatic nitrogens is 2. The zero-order valence-electron chi connectivity index (χ0n) is 84.1. The van der Waals surface area contributed by atoms with Gasteiger partial charge in [-0.3, -0.25) is 87.5 Å². The van der Waals surface area contributed by atoms with Crippen molar-refractivity contribution in [3.63, 3.8) is 0 Å². The topological polar surface area (TPSA) is 768 Å². The molecule has 16 atom stereocenters. The minimum atomic E-state index is -1.86. The number of amides is 16. The van der Waals surface area contributed by atoms with Crippen molar-refractivity contribution in [3.8, 4) is 17.2 Å². The molecule has 4 fully saturated rings. The molecule has 5 heterocycles. The second-order valence-electron chi connectivity index (χ2n) is 37.7. The van der Waals surface area contributed by atoms with Crippen molar-refractivity contribution < 1.29 is 102 Å². The highest BCUT2D eigenvalue weighted by Crippen LogP contribution is 2.29. The number of phenols is 3. The number of nitrogens with zero attached hydrogens (tertiary/aromatic N) is 4. The molecule has 50 heteroatoms. The van der Waals surface area contributed by atoms with E-state index in [1.807, 2.05) is 0 Å². The number of unbranched alkanes of at least 4 members (excludes halogenated alkanes) is 9. The summed E-state index contributed by atoms with van der Waals surface area (Å²) in [6.07, 6.45) is 11.4. The molecule has 0 saturated carbocycles. The van der Waals surface area contributed by atoms with Crippen LogP contribution < -0.4 is 108 Å². The van der Waals surface area contributed by atoms with Crippen molar-refractivity contribution in [3.05, 3.63) is 108 Å². The van der Waals surface area contributed by atoms with Crippen LogP contribution in [0.5, 0.6) is 17.2 Å². The summed E-state index contributed by atoms with van der Waals surface area (Å²) in [5, 5.41) is 97.1. The predicted octanol–water partition coefficient (Wildman–Crippen LogP) is -2.13. The Labute approximate surface area is 867 Å². The second-order valence-corrected chi connectivity index (χ2v) is 40.3. The van der Waals surface area contributed by atoms with E-state index in [4.69, 9.17) is 39.5 Å². The van der Waals surface area contributed by atoms with Crippen molar-refractivity contribution in [1.29, 1.82) is 10.8 Å². The highest BCUT2D eigenvalue weighted by molar-refractivity contribution is 8.76. The molecule has 1 aromatic heterocycles. The lowest BCUT2D eigenvalue weighted by atomic mass is 10.0. The molecule has 32 N–H and O–H groups in total. The molecule has 48 nitrogen and oxygen atoms in total. The average molecular weight is 2110 g/mol. The van der Waals surface area contributed by atoms with E-state index < -0.39 is 246 Å². The molecule has 148 heavy (non-hydrogen) atoms. The van der Waals surface area contributed by atoms with E-state index in [2.05, 4.69) is 96.6 Å². The van der Waals surface area contributed by atoms with Gasteiger partial charge in [0.25, 0.3) is 0 Å². The molecule has 8 rings (SSSR count). The van der Waals surface area contributed by atoms with Crippen LogP contribution in [-0.4, -0.2) is 318 Å². The fraction of sp³-hybridized carbons (Fsp3) is 0.592. The fourth-order valence-electron chi connectivity index (χ4n) is 17.6. The van der Waals surface area contributed by atoms with E-state index in [-0.39, 0.29) is 140 Å². The van der Waals surface area contributed by atoms with Gasteiger partial charge in [-0.1, -0.05) is 116 Å². The molecule has 4 aliphatic rings. The van der Waals surface area contributed by atoms with Crippen LogP contribution in [0, 0.1) is 10.8 Å².